The van der Waals surface area contributed by atoms with Crippen LogP contribution in [0.2, 0.25) is 0 Å². The van der Waals surface area contributed by atoms with E-state index >= 15 is 9.59 Å². The van der Waals surface area contributed by atoms with Gasteiger partial charge >= 0.3 is 5.97 Å². The number of phenols is 1. The SMILES string of the molecule is CC(=O)N[C@@H](CS)C(=O)N[C@@H](CCC(N)=O)C(=O)N[C@H](C(=O)N[C@@H](Cc1c[nH]c2ccccc12)C(=O)N[C@@H](CCC(N)=O)C(=O)N[C@@H](CS)C(=O)N[C@@H](Cc1ccc(O)cc1)C(=O)N[C@@H](Cc1c[nH]c2ccccc12)C(=O)N[C@@H](Cc1cnc[nH]1)C(=O)N[C@@H](CCC(=O)O)C(=O)N[C@@H](CC(N)=O)C(=O)NCC(=O)N[C@@H](C)C(=O)N[C@H](CCCCN)C(N)=O)[C@@H](C)O. The number of carboxylic acid groups (broad SMARTS) is 1. The fraction of sp³-hybridized carbons (Fsp3) is 0.443. The molecule has 0 fully saturated rings. The van der Waals surface area contributed by atoms with Crippen molar-refractivity contribution in [2.24, 2.45) is 28.7 Å². The molecule has 6 rings (SSSR count). The number of primary amides is 4. The number of fused-ring (bicyclic) bond motifs is 2. The normalized spacial score (nSPS) is 14.4. The van der Waals surface area contributed by atoms with Crippen LogP contribution in [0.1, 0.15) is 107 Å². The van der Waals surface area contributed by atoms with Crippen LogP contribution < -0.4 is 103 Å². The molecule has 0 aliphatic carbocycles. The van der Waals surface area contributed by atoms with Crippen LogP contribution in [0.15, 0.2) is 97.7 Å². The molecular formula is C79H107N23O22S2. The van der Waals surface area contributed by atoms with Crippen LogP contribution in [0.25, 0.3) is 21.8 Å². The predicted octanol–water partition coefficient (Wildman–Crippen LogP) is -7.07. The Balaban J connectivity index is 1.28. The van der Waals surface area contributed by atoms with E-state index in [-0.39, 0.29) is 35.6 Å². The number of carbonyl (C=O) groups is 19. The number of carboxylic acids is 1. The number of hydrogen-bond acceptors (Lipinski definition) is 25. The average molecular weight is 1790 g/mol. The van der Waals surface area contributed by atoms with E-state index in [4.69, 9.17) is 28.7 Å². The van der Waals surface area contributed by atoms with E-state index in [9.17, 15) is 96.8 Å². The fourth-order valence-electron chi connectivity index (χ4n) is 12.9. The number of rotatable bonds is 54. The Morgan fingerprint density at radius 1 is 0.437 bits per heavy atom. The smallest absolute Gasteiger partial charge is 0.303 e. The molecule has 0 bridgehead atoms. The second kappa shape index (κ2) is 50.2. The molecule has 0 aliphatic rings. The quantitative estimate of drug-likeness (QED) is 0.0125. The molecule has 3 aromatic heterocycles. The van der Waals surface area contributed by atoms with E-state index in [1.165, 1.54) is 56.1 Å². The highest BCUT2D eigenvalue weighted by molar-refractivity contribution is 7.80. The molecule has 3 heterocycles. The minimum atomic E-state index is -1.94. The van der Waals surface area contributed by atoms with Gasteiger partial charge in [0.1, 0.15) is 84.3 Å². The van der Waals surface area contributed by atoms with Gasteiger partial charge in [-0.1, -0.05) is 48.5 Å². The third kappa shape index (κ3) is 32.8. The first kappa shape index (κ1) is 101. The lowest BCUT2D eigenvalue weighted by Gasteiger charge is -2.29. The molecule has 0 aliphatic heterocycles. The van der Waals surface area contributed by atoms with Gasteiger partial charge in [0.25, 0.3) is 0 Å². The number of aliphatic hydroxyl groups excluding tert-OH is 1. The van der Waals surface area contributed by atoms with Crippen LogP contribution in [-0.2, 0) is 117 Å². The van der Waals surface area contributed by atoms with Crippen LogP contribution in [0.4, 0.5) is 0 Å². The standard InChI is InChI=1S/C79H107N23O22S2/c1-38(68(113)92-50(67(84)112)14-8-9-25-80)90-64(109)34-88-69(114)58(30-63(83)108)99-70(115)53(21-24-65(110)111)94-76(121)57(29-44-33-85-37-89-44)98-75(120)55(27-42-31-86-48-12-6-4-10-46(42)48)97-73(118)54(26-41-15-17-45(105)18-16-41)96-78(123)60(36-126)101-71(116)51(19-22-61(81)106)93-74(119)56(28-43-32-87-49-13-7-5-11-47(43)49)100-79(124)66(39(2)103)102-72(117)52(20-23-62(82)107)95-77(122)59(35-125)91-40(3)104/h4-7,10-13,15-18,31-33,37-39,50-60,66,86-87,103,105,125-126H,8-9,14,19-30,34-36,80H2,1-3H3,(H2,81,106)(H2,82,107)(H2,83,108)(H2,84,112)(H,85,89)(H,88,114)(H,90,109)(H,91,104)(H,92,113)(H,93,119)(H,94,121)(H,95,122)(H,96,123)(H,97,118)(H,98,120)(H,99,115)(H,100,124)(H,101,116)(H,102,117)(H,110,111)/t38-,39+,50+,51-,52-,53-,54-,55-,56-,57-,58-,59-,60-,66-/m0/s1. The lowest BCUT2D eigenvalue weighted by Crippen LogP contribution is -2.62. The van der Waals surface area contributed by atoms with E-state index in [1.807, 2.05) is 0 Å². The minimum Gasteiger partial charge on any atom is -0.508 e. The molecule has 3 aromatic carbocycles. The molecule has 0 spiro atoms. The molecule has 126 heavy (non-hydrogen) atoms. The molecule has 47 heteroatoms. The molecule has 0 saturated heterocycles. The fourth-order valence-corrected chi connectivity index (χ4v) is 13.4. The highest BCUT2D eigenvalue weighted by atomic mass is 32.1. The summed E-state index contributed by atoms with van der Waals surface area (Å²) in [5.74, 6) is -21.5. The van der Waals surface area contributed by atoms with Crippen LogP contribution >= 0.6 is 25.3 Å². The molecule has 30 N–H and O–H groups in total. The number of phenolic OH excluding ortho intramolecular Hbond substituents is 1. The number of aromatic amines is 3. The van der Waals surface area contributed by atoms with Crippen molar-refractivity contribution in [2.45, 2.75) is 195 Å². The number of aromatic hydroxyl groups is 1. The summed E-state index contributed by atoms with van der Waals surface area (Å²) in [6, 6.07) is -2.83. The van der Waals surface area contributed by atoms with Crippen LogP contribution in [0.5, 0.6) is 5.75 Å². The number of aromatic nitrogens is 4. The number of para-hydroxylation sites is 2. The van der Waals surface area contributed by atoms with Gasteiger partial charge in [0.2, 0.25) is 106 Å². The Labute approximate surface area is 731 Å². The Hall–Kier alpha value is -13.7. The van der Waals surface area contributed by atoms with Gasteiger partial charge in [-0.2, -0.15) is 25.3 Å². The van der Waals surface area contributed by atoms with Crippen molar-refractivity contribution in [2.75, 3.05) is 24.6 Å². The van der Waals surface area contributed by atoms with Gasteiger partial charge in [-0.25, -0.2) is 4.98 Å². The maximum Gasteiger partial charge on any atom is 0.303 e. The van der Waals surface area contributed by atoms with Crippen molar-refractivity contribution in [1.82, 2.24) is 94.4 Å². The van der Waals surface area contributed by atoms with Gasteiger partial charge in [-0.3, -0.25) is 91.1 Å². The minimum absolute atomic E-state index is 0.150. The van der Waals surface area contributed by atoms with Crippen molar-refractivity contribution in [3.63, 3.8) is 0 Å². The first-order valence-electron chi connectivity index (χ1n) is 39.8. The summed E-state index contributed by atoms with van der Waals surface area (Å²) >= 11 is 8.45. The Kier molecular flexibility index (Phi) is 40.3. The van der Waals surface area contributed by atoms with E-state index in [2.05, 4.69) is 120 Å². The number of aliphatic hydroxyl groups is 1. The largest absolute Gasteiger partial charge is 0.508 e. The number of imidazole rings is 1. The van der Waals surface area contributed by atoms with Crippen LogP contribution in [-0.4, -0.2) is 257 Å². The van der Waals surface area contributed by atoms with Gasteiger partial charge in [0.05, 0.1) is 25.4 Å². The third-order valence-corrected chi connectivity index (χ3v) is 20.3. The summed E-state index contributed by atoms with van der Waals surface area (Å²) in [7, 11) is 0. The topological polar surface area (TPSA) is 744 Å². The van der Waals surface area contributed by atoms with E-state index in [0.29, 0.717) is 52.3 Å². The third-order valence-electron chi connectivity index (χ3n) is 19.6. The summed E-state index contributed by atoms with van der Waals surface area (Å²) in [6.45, 7) is 2.92. The van der Waals surface area contributed by atoms with Gasteiger partial charge < -0.3 is 133 Å². The number of nitrogens with zero attached hydrogens (tertiary/aromatic N) is 1. The van der Waals surface area contributed by atoms with E-state index in [0.717, 1.165) is 13.8 Å². The van der Waals surface area contributed by atoms with E-state index in [1.54, 1.807) is 48.5 Å². The number of carbonyl (C=O) groups excluding carboxylic acids is 18. The summed E-state index contributed by atoms with van der Waals surface area (Å²) in [6.07, 6.45) is -1.37. The number of nitrogens with two attached hydrogens (primary N) is 5. The zero-order valence-electron chi connectivity index (χ0n) is 68.9. The number of H-pyrrole nitrogens is 3. The monoisotopic (exact) mass is 1790 g/mol. The van der Waals surface area contributed by atoms with Gasteiger partial charge in [0.15, 0.2) is 0 Å². The van der Waals surface area contributed by atoms with Crippen LogP contribution in [0.3, 0.4) is 0 Å². The number of aliphatic carboxylic acids is 1. The summed E-state index contributed by atoms with van der Waals surface area (Å²) in [4.78, 5) is 272. The number of thiol groups is 2. The molecule has 6 aromatic rings. The van der Waals surface area contributed by atoms with E-state index < -0.39 is 273 Å². The zero-order valence-corrected chi connectivity index (χ0v) is 70.7. The second-order valence-corrected chi connectivity index (χ2v) is 30.3. The summed E-state index contributed by atoms with van der Waals surface area (Å²) in [5.41, 5.74) is 29.8. The molecular weight excluding hydrogens is 1690 g/mol. The highest BCUT2D eigenvalue weighted by Gasteiger charge is 2.39. The molecule has 45 nitrogen and oxygen atoms in total. The Morgan fingerprint density at radius 2 is 0.857 bits per heavy atom. The first-order valence-corrected chi connectivity index (χ1v) is 41.0. The lowest BCUT2D eigenvalue weighted by molar-refractivity contribution is -0.139. The number of amides is 18. The predicted molar refractivity (Wildman–Crippen MR) is 457 cm³/mol. The van der Waals surface area contributed by atoms with Crippen LogP contribution in [0, 0.1) is 0 Å². The molecule has 0 unspecified atom stereocenters. The van der Waals surface area contributed by atoms with Crippen molar-refractivity contribution in [3.8, 4) is 5.75 Å². The molecule has 0 saturated carbocycles. The number of nitrogens with one attached hydrogen (secondary N) is 17. The Bertz CT molecular complexity index is 4870. The first-order chi connectivity index (χ1) is 59.8. The Morgan fingerprint density at radius 3 is 1.30 bits per heavy atom. The second-order valence-electron chi connectivity index (χ2n) is 29.5. The number of benzene rings is 3. The summed E-state index contributed by atoms with van der Waals surface area (Å²) < 4.78 is 0. The number of hydrogen-bond donors (Lipinski definition) is 27. The lowest BCUT2D eigenvalue weighted by atomic mass is 10.0. The maximum absolute atomic E-state index is 15.3. The average Bonchev–Trinajstić information content (AvgIpc) is 1.67. The van der Waals surface area contributed by atoms with Gasteiger partial charge in [0, 0.05) is 109 Å². The van der Waals surface area contributed by atoms with Gasteiger partial charge in [-0.05, 0) is 99.9 Å². The molecule has 14 atom stereocenters. The zero-order chi connectivity index (χ0) is 93.0. The molecule has 18 amide bonds. The number of unbranched alkanes of at least 4 members (excludes halogenated alkanes) is 1. The van der Waals surface area contributed by atoms with Crippen molar-refractivity contribution in [1.29, 1.82) is 0 Å². The van der Waals surface area contributed by atoms with Crippen molar-refractivity contribution >= 4 is 159 Å². The summed E-state index contributed by atoms with van der Waals surface area (Å²) in [5, 5.41) is 66.2. The molecule has 0 radical (unpaired) electrons. The molecule has 682 valence electrons. The van der Waals surface area contributed by atoms with Crippen molar-refractivity contribution in [3.05, 3.63) is 120 Å². The highest BCUT2D eigenvalue weighted by Crippen LogP contribution is 2.23. The van der Waals surface area contributed by atoms with Crippen molar-refractivity contribution < 1.29 is 106 Å². The maximum atomic E-state index is 15.3. The van der Waals surface area contributed by atoms with Gasteiger partial charge in [-0.15, -0.1) is 0 Å².